The first-order chi connectivity index (χ1) is 11.2. The van der Waals surface area contributed by atoms with E-state index >= 15 is 0 Å². The van der Waals surface area contributed by atoms with E-state index in [1.165, 1.54) is 0 Å². The SMILES string of the molecule is Cc1ccc(C(=O)c2cccnc2N)nc1N1CCCNCC1. The lowest BCUT2D eigenvalue weighted by atomic mass is 10.1. The molecule has 0 saturated carbocycles. The Morgan fingerprint density at radius 1 is 1.26 bits per heavy atom. The molecule has 1 aliphatic heterocycles. The summed E-state index contributed by atoms with van der Waals surface area (Å²) in [5.74, 6) is 0.923. The number of hydrogen-bond acceptors (Lipinski definition) is 6. The molecule has 3 N–H and O–H groups in total. The van der Waals surface area contributed by atoms with Gasteiger partial charge in [0.05, 0.1) is 5.56 Å². The molecule has 3 heterocycles. The zero-order valence-electron chi connectivity index (χ0n) is 13.2. The number of ketones is 1. The molecule has 0 spiro atoms. The fourth-order valence-corrected chi connectivity index (χ4v) is 2.77. The van der Waals surface area contributed by atoms with E-state index in [0.29, 0.717) is 11.3 Å². The molecule has 0 aliphatic carbocycles. The quantitative estimate of drug-likeness (QED) is 0.834. The van der Waals surface area contributed by atoms with Crippen molar-refractivity contribution in [3.8, 4) is 0 Å². The maximum absolute atomic E-state index is 12.7. The lowest BCUT2D eigenvalue weighted by molar-refractivity contribution is 0.103. The Kier molecular flexibility index (Phi) is 4.52. The summed E-state index contributed by atoms with van der Waals surface area (Å²) in [6.45, 7) is 5.79. The molecule has 1 aliphatic rings. The number of nitrogens with one attached hydrogen (secondary N) is 1. The summed E-state index contributed by atoms with van der Waals surface area (Å²) < 4.78 is 0. The third-order valence-corrected chi connectivity index (χ3v) is 4.03. The molecule has 0 radical (unpaired) electrons. The van der Waals surface area contributed by atoms with Crippen molar-refractivity contribution in [1.82, 2.24) is 15.3 Å². The van der Waals surface area contributed by atoms with Gasteiger partial charge in [-0.05, 0) is 43.7 Å². The Bertz CT molecular complexity index is 708. The van der Waals surface area contributed by atoms with E-state index in [4.69, 9.17) is 5.73 Å². The summed E-state index contributed by atoms with van der Waals surface area (Å²) in [4.78, 5) is 23.5. The van der Waals surface area contributed by atoms with Crippen LogP contribution in [0, 0.1) is 6.92 Å². The summed E-state index contributed by atoms with van der Waals surface area (Å²) in [5, 5.41) is 3.38. The second-order valence-electron chi connectivity index (χ2n) is 5.69. The van der Waals surface area contributed by atoms with Crippen LogP contribution in [0.15, 0.2) is 30.5 Å². The molecule has 120 valence electrons. The van der Waals surface area contributed by atoms with Gasteiger partial charge < -0.3 is 16.0 Å². The van der Waals surface area contributed by atoms with Crippen LogP contribution in [0.2, 0.25) is 0 Å². The Morgan fingerprint density at radius 3 is 2.96 bits per heavy atom. The highest BCUT2D eigenvalue weighted by Crippen LogP contribution is 2.21. The van der Waals surface area contributed by atoms with E-state index in [1.807, 2.05) is 13.0 Å². The van der Waals surface area contributed by atoms with Crippen molar-refractivity contribution in [2.24, 2.45) is 0 Å². The number of carbonyl (C=O) groups is 1. The molecule has 1 saturated heterocycles. The molecule has 6 heteroatoms. The van der Waals surface area contributed by atoms with Gasteiger partial charge in [-0.3, -0.25) is 4.79 Å². The van der Waals surface area contributed by atoms with E-state index in [-0.39, 0.29) is 11.6 Å². The zero-order chi connectivity index (χ0) is 16.2. The van der Waals surface area contributed by atoms with E-state index in [2.05, 4.69) is 20.2 Å². The number of nitrogen functional groups attached to an aromatic ring is 1. The third-order valence-electron chi connectivity index (χ3n) is 4.03. The summed E-state index contributed by atoms with van der Waals surface area (Å²) in [5.41, 5.74) is 7.68. The Balaban J connectivity index is 1.93. The fourth-order valence-electron chi connectivity index (χ4n) is 2.77. The average molecular weight is 311 g/mol. The number of carbonyl (C=O) groups excluding carboxylic acids is 1. The molecule has 6 nitrogen and oxygen atoms in total. The number of hydrogen-bond donors (Lipinski definition) is 2. The number of rotatable bonds is 3. The van der Waals surface area contributed by atoms with Crippen LogP contribution in [-0.4, -0.2) is 41.9 Å². The lowest BCUT2D eigenvalue weighted by Crippen LogP contribution is -2.29. The molecular weight excluding hydrogens is 290 g/mol. The van der Waals surface area contributed by atoms with Crippen molar-refractivity contribution < 1.29 is 4.79 Å². The molecule has 0 unspecified atom stereocenters. The molecule has 1 fully saturated rings. The van der Waals surface area contributed by atoms with E-state index in [0.717, 1.165) is 44.0 Å². The highest BCUT2D eigenvalue weighted by atomic mass is 16.1. The van der Waals surface area contributed by atoms with Crippen LogP contribution in [0.3, 0.4) is 0 Å². The van der Waals surface area contributed by atoms with Gasteiger partial charge in [0.1, 0.15) is 17.3 Å². The zero-order valence-corrected chi connectivity index (χ0v) is 13.2. The van der Waals surface area contributed by atoms with Gasteiger partial charge >= 0.3 is 0 Å². The topological polar surface area (TPSA) is 84.1 Å². The van der Waals surface area contributed by atoms with Gasteiger partial charge in [-0.15, -0.1) is 0 Å². The minimum absolute atomic E-state index is 0.190. The van der Waals surface area contributed by atoms with Crippen molar-refractivity contribution in [1.29, 1.82) is 0 Å². The molecular formula is C17H21N5O. The van der Waals surface area contributed by atoms with Gasteiger partial charge in [-0.1, -0.05) is 6.07 Å². The Labute approximate surface area is 135 Å². The predicted octanol–water partition coefficient (Wildman–Crippen LogP) is 1.40. The van der Waals surface area contributed by atoms with E-state index in [1.54, 1.807) is 24.4 Å². The van der Waals surface area contributed by atoms with E-state index in [9.17, 15) is 4.79 Å². The first-order valence-electron chi connectivity index (χ1n) is 7.85. The monoisotopic (exact) mass is 311 g/mol. The van der Waals surface area contributed by atoms with E-state index < -0.39 is 0 Å². The normalized spacial score (nSPS) is 15.3. The summed E-state index contributed by atoms with van der Waals surface area (Å²) in [7, 11) is 0. The van der Waals surface area contributed by atoms with Crippen LogP contribution >= 0.6 is 0 Å². The second kappa shape index (κ2) is 6.75. The van der Waals surface area contributed by atoms with Gasteiger partial charge in [0.25, 0.3) is 0 Å². The number of nitrogens with two attached hydrogens (primary N) is 1. The summed E-state index contributed by atoms with van der Waals surface area (Å²) in [6, 6.07) is 7.09. The number of aryl methyl sites for hydroxylation is 1. The van der Waals surface area contributed by atoms with Gasteiger partial charge in [0, 0.05) is 25.8 Å². The largest absolute Gasteiger partial charge is 0.383 e. The van der Waals surface area contributed by atoms with Gasteiger partial charge in [-0.2, -0.15) is 0 Å². The van der Waals surface area contributed by atoms with Gasteiger partial charge in [0.2, 0.25) is 5.78 Å². The molecule has 3 rings (SSSR count). The number of anilines is 2. The smallest absolute Gasteiger partial charge is 0.215 e. The number of nitrogens with zero attached hydrogens (tertiary/aromatic N) is 3. The van der Waals surface area contributed by atoms with Crippen molar-refractivity contribution in [2.45, 2.75) is 13.3 Å². The highest BCUT2D eigenvalue weighted by molar-refractivity contribution is 6.10. The molecule has 2 aromatic heterocycles. The average Bonchev–Trinajstić information content (AvgIpc) is 2.84. The van der Waals surface area contributed by atoms with Gasteiger partial charge in [0.15, 0.2) is 0 Å². The predicted molar refractivity (Wildman–Crippen MR) is 90.8 cm³/mol. The number of aromatic nitrogens is 2. The van der Waals surface area contributed by atoms with Crippen LogP contribution in [0.1, 0.15) is 28.0 Å². The summed E-state index contributed by atoms with van der Waals surface area (Å²) >= 11 is 0. The van der Waals surface area contributed by atoms with Gasteiger partial charge in [-0.25, -0.2) is 9.97 Å². The maximum atomic E-state index is 12.7. The van der Waals surface area contributed by atoms with Crippen LogP contribution < -0.4 is 16.0 Å². The third kappa shape index (κ3) is 3.32. The summed E-state index contributed by atoms with van der Waals surface area (Å²) in [6.07, 6.45) is 2.64. The van der Waals surface area contributed by atoms with Crippen LogP contribution in [0.4, 0.5) is 11.6 Å². The minimum atomic E-state index is -0.190. The van der Waals surface area contributed by atoms with Crippen LogP contribution in [0.25, 0.3) is 0 Å². The Morgan fingerprint density at radius 2 is 2.13 bits per heavy atom. The first-order valence-corrected chi connectivity index (χ1v) is 7.85. The second-order valence-corrected chi connectivity index (χ2v) is 5.69. The van der Waals surface area contributed by atoms with Crippen molar-refractivity contribution >= 4 is 17.4 Å². The first kappa shape index (κ1) is 15.4. The Hall–Kier alpha value is -2.47. The molecule has 0 aromatic carbocycles. The molecule has 0 amide bonds. The maximum Gasteiger partial charge on any atom is 0.215 e. The number of pyridine rings is 2. The van der Waals surface area contributed by atoms with Crippen molar-refractivity contribution in [3.05, 3.63) is 47.3 Å². The molecule has 2 aromatic rings. The molecule has 0 atom stereocenters. The standard InChI is InChI=1S/C17H21N5O/c1-12-5-6-14(15(23)13-4-2-8-20-16(13)18)21-17(12)22-10-3-7-19-9-11-22/h2,4-6,8,19H,3,7,9-11H2,1H3,(H2,18,20). The molecule has 23 heavy (non-hydrogen) atoms. The fraction of sp³-hybridized carbons (Fsp3) is 0.353. The highest BCUT2D eigenvalue weighted by Gasteiger charge is 2.18. The molecule has 0 bridgehead atoms. The van der Waals surface area contributed by atoms with Crippen LogP contribution in [0.5, 0.6) is 0 Å². The van der Waals surface area contributed by atoms with Crippen molar-refractivity contribution in [3.63, 3.8) is 0 Å². The van der Waals surface area contributed by atoms with Crippen molar-refractivity contribution in [2.75, 3.05) is 36.8 Å². The lowest BCUT2D eigenvalue weighted by Gasteiger charge is -2.23. The minimum Gasteiger partial charge on any atom is -0.383 e. The van der Waals surface area contributed by atoms with Crippen LogP contribution in [-0.2, 0) is 0 Å².